The molecule has 1 aliphatic heterocycles. The average molecular weight is 603 g/mol. The summed E-state index contributed by atoms with van der Waals surface area (Å²) in [6.07, 6.45) is 15.9. The summed E-state index contributed by atoms with van der Waals surface area (Å²) in [7, 11) is 1.94. The maximum Gasteiger partial charge on any atom is 0.335 e. The van der Waals surface area contributed by atoms with Crippen LogP contribution in [0.5, 0.6) is 0 Å². The minimum absolute atomic E-state index is 0.119. The average Bonchev–Trinajstić information content (AvgIpc) is 3.31. The van der Waals surface area contributed by atoms with E-state index in [2.05, 4.69) is 10.8 Å². The maximum atomic E-state index is 15.2. The lowest BCUT2D eigenvalue weighted by Crippen LogP contribution is -2.55. The van der Waals surface area contributed by atoms with Crippen LogP contribution < -0.4 is 0 Å². The van der Waals surface area contributed by atoms with Crippen LogP contribution in [0.25, 0.3) is 0 Å². The minimum Gasteiger partial charge on any atom is -0.478 e. The van der Waals surface area contributed by atoms with Gasteiger partial charge in [0.1, 0.15) is 17.3 Å². The van der Waals surface area contributed by atoms with Crippen molar-refractivity contribution in [3.63, 3.8) is 0 Å². The summed E-state index contributed by atoms with van der Waals surface area (Å²) < 4.78 is 22.8. The Morgan fingerprint density at radius 3 is 2.60 bits per heavy atom. The molecule has 1 saturated heterocycles. The van der Waals surface area contributed by atoms with E-state index in [0.29, 0.717) is 31.7 Å². The third-order valence-corrected chi connectivity index (χ3v) is 7.49. The third kappa shape index (κ3) is 9.69. The summed E-state index contributed by atoms with van der Waals surface area (Å²) in [5, 5.41) is 14.2. The van der Waals surface area contributed by atoms with Crippen molar-refractivity contribution in [3.8, 4) is 12.3 Å². The Balaban J connectivity index is 2.21. The first-order valence-electron chi connectivity index (χ1n) is 14.0. The maximum absolute atomic E-state index is 15.2. The van der Waals surface area contributed by atoms with Gasteiger partial charge in [-0.3, -0.25) is 14.4 Å². The molecule has 0 spiro atoms. The van der Waals surface area contributed by atoms with Crippen molar-refractivity contribution in [2.75, 3.05) is 26.7 Å². The van der Waals surface area contributed by atoms with Gasteiger partial charge in [-0.05, 0) is 61.6 Å². The quantitative estimate of drug-likeness (QED) is 0.141. The molecule has 2 rings (SSSR count). The number of esters is 1. The number of halogens is 2. The number of aromatic nitrogens is 2. The molecule has 1 aliphatic rings. The third-order valence-electron chi connectivity index (χ3n) is 7.16. The monoisotopic (exact) mass is 602 g/mol. The molecule has 0 amide bonds. The van der Waals surface area contributed by atoms with E-state index in [0.717, 1.165) is 5.56 Å². The number of hydrogen-bond donors (Lipinski definition) is 1. The summed E-state index contributed by atoms with van der Waals surface area (Å²) in [5.74, 6) is -0.345. The van der Waals surface area contributed by atoms with Gasteiger partial charge >= 0.3 is 11.9 Å². The molecule has 8 nitrogen and oxygen atoms in total. The topological polar surface area (TPSA) is 87.9 Å². The van der Waals surface area contributed by atoms with Crippen molar-refractivity contribution in [3.05, 3.63) is 64.3 Å². The fourth-order valence-corrected chi connectivity index (χ4v) is 4.68. The number of carbonyl (C=O) groups is 2. The first kappa shape index (κ1) is 35.0. The van der Waals surface area contributed by atoms with Crippen molar-refractivity contribution in [1.82, 2.24) is 19.6 Å². The van der Waals surface area contributed by atoms with Crippen LogP contribution in [0.15, 0.2) is 53.0 Å². The Kier molecular flexibility index (Phi) is 12.3. The van der Waals surface area contributed by atoms with E-state index < -0.39 is 23.3 Å². The van der Waals surface area contributed by atoms with Crippen LogP contribution in [0.4, 0.5) is 4.39 Å². The number of carboxylic acids is 1. The Morgan fingerprint density at radius 1 is 1.38 bits per heavy atom. The van der Waals surface area contributed by atoms with Gasteiger partial charge in [0.05, 0.1) is 23.4 Å². The zero-order valence-electron chi connectivity index (χ0n) is 25.9. The van der Waals surface area contributed by atoms with Crippen LogP contribution >= 0.6 is 11.6 Å². The summed E-state index contributed by atoms with van der Waals surface area (Å²) >= 11 is 6.04. The molecule has 1 N–H and O–H groups in total. The number of carbonyl (C=O) groups excluding carboxylic acids is 1. The van der Waals surface area contributed by atoms with Gasteiger partial charge in [-0.2, -0.15) is 5.10 Å². The van der Waals surface area contributed by atoms with Gasteiger partial charge in [-0.15, -0.1) is 6.42 Å². The number of allylic oxidation sites excluding steroid dienone is 5. The molecule has 0 aromatic carbocycles. The molecule has 1 fully saturated rings. The molecule has 42 heavy (non-hydrogen) atoms. The summed E-state index contributed by atoms with van der Waals surface area (Å²) in [6.45, 7) is 14.9. The Morgan fingerprint density at radius 2 is 2.05 bits per heavy atom. The smallest absolute Gasteiger partial charge is 0.335 e. The molecule has 1 aromatic rings. The van der Waals surface area contributed by atoms with E-state index in [1.54, 1.807) is 36.8 Å². The first-order chi connectivity index (χ1) is 19.5. The van der Waals surface area contributed by atoms with E-state index >= 15 is 4.39 Å². The molecule has 0 bridgehead atoms. The van der Waals surface area contributed by atoms with Crippen LogP contribution in [0.1, 0.15) is 72.1 Å². The Hall–Kier alpha value is -3.19. The predicted octanol–water partition coefficient (Wildman–Crippen LogP) is 5.77. The highest BCUT2D eigenvalue weighted by molar-refractivity contribution is 6.31. The molecule has 1 aromatic heterocycles. The number of rotatable bonds is 12. The molecular weight excluding hydrogens is 559 g/mol. The number of terminal acetylenes is 1. The molecule has 2 heterocycles. The minimum atomic E-state index is -1.00. The second-order valence-corrected chi connectivity index (χ2v) is 12.4. The first-order valence-corrected chi connectivity index (χ1v) is 14.4. The fraction of sp³-hybridized carbons (Fsp3) is 0.531. The lowest BCUT2D eigenvalue weighted by molar-refractivity contribution is -0.174. The van der Waals surface area contributed by atoms with Crippen molar-refractivity contribution < 1.29 is 23.8 Å². The van der Waals surface area contributed by atoms with Gasteiger partial charge in [0, 0.05) is 48.9 Å². The Labute approximate surface area is 254 Å². The van der Waals surface area contributed by atoms with E-state index in [4.69, 9.17) is 27.9 Å². The number of aliphatic carboxylic acids is 1. The van der Waals surface area contributed by atoms with Crippen molar-refractivity contribution in [2.24, 2.45) is 0 Å². The molecule has 3 atom stereocenters. The molecule has 3 unspecified atom stereocenters. The predicted molar refractivity (Wildman–Crippen MR) is 165 cm³/mol. The van der Waals surface area contributed by atoms with Gasteiger partial charge in [0.25, 0.3) is 0 Å². The van der Waals surface area contributed by atoms with Crippen LogP contribution in [0.2, 0.25) is 0 Å². The van der Waals surface area contributed by atoms with E-state index in [1.807, 2.05) is 52.8 Å². The number of carboxylic acid groups (broad SMARTS) is 1. The van der Waals surface area contributed by atoms with Crippen LogP contribution in [-0.4, -0.2) is 75.0 Å². The fourth-order valence-electron chi connectivity index (χ4n) is 4.58. The highest BCUT2D eigenvalue weighted by atomic mass is 35.5. The SMILES string of the molecule is C#CC(/C(F)=C\C(Cl)=C/C)c1nn(C(C)(C)C)cc1CN(C)CCC1(C)CN(C(C)/C=C\C(=C/C)C(=O)O)CC(=O)O1. The van der Waals surface area contributed by atoms with E-state index in [1.165, 1.54) is 12.2 Å². The second kappa shape index (κ2) is 14.8. The largest absolute Gasteiger partial charge is 0.478 e. The van der Waals surface area contributed by atoms with Crippen molar-refractivity contribution in [2.45, 2.75) is 84.5 Å². The second-order valence-electron chi connectivity index (χ2n) is 11.9. The molecule has 0 radical (unpaired) electrons. The zero-order chi connectivity index (χ0) is 31.8. The standard InChI is InChI=1S/C32H44ClFN4O4/c1-10-23(30(40)41)14-13-22(4)37-20-28(39)42-32(8,21-37)15-16-36(9)18-24-19-38(31(5,6)7)35-29(24)26(12-3)27(34)17-25(33)11-2/h3,10-11,13-14,17,19,22,26H,15-16,18,20-21H2,1-2,4-9H3,(H,40,41)/b14-13-,23-10+,25-11+,27-17+. The lowest BCUT2D eigenvalue weighted by atomic mass is 9.97. The number of morpholine rings is 1. The van der Waals surface area contributed by atoms with Gasteiger partial charge in [-0.25, -0.2) is 9.18 Å². The van der Waals surface area contributed by atoms with E-state index in [-0.39, 0.29) is 34.7 Å². The molecule has 0 aliphatic carbocycles. The molecular formula is C32H44ClFN4O4. The van der Waals surface area contributed by atoms with Gasteiger partial charge in [-0.1, -0.05) is 41.8 Å². The summed E-state index contributed by atoms with van der Waals surface area (Å²) in [4.78, 5) is 27.9. The van der Waals surface area contributed by atoms with Gasteiger partial charge in [0.15, 0.2) is 0 Å². The van der Waals surface area contributed by atoms with Gasteiger partial charge in [0.2, 0.25) is 0 Å². The van der Waals surface area contributed by atoms with Crippen LogP contribution in [0, 0.1) is 12.3 Å². The van der Waals surface area contributed by atoms with E-state index in [9.17, 15) is 14.7 Å². The van der Waals surface area contributed by atoms with Crippen LogP contribution in [0.3, 0.4) is 0 Å². The van der Waals surface area contributed by atoms with Crippen molar-refractivity contribution >= 4 is 23.5 Å². The normalized spacial score (nSPS) is 21.0. The molecule has 10 heteroatoms. The highest BCUT2D eigenvalue weighted by Crippen LogP contribution is 2.31. The number of hydrogen-bond acceptors (Lipinski definition) is 6. The molecule has 0 saturated carbocycles. The summed E-state index contributed by atoms with van der Waals surface area (Å²) in [5.41, 5.74) is 0.340. The molecule has 230 valence electrons. The summed E-state index contributed by atoms with van der Waals surface area (Å²) in [6, 6.07) is -0.172. The van der Waals surface area contributed by atoms with Crippen molar-refractivity contribution in [1.29, 1.82) is 0 Å². The number of ether oxygens (including phenoxy) is 1. The lowest BCUT2D eigenvalue weighted by Gasteiger charge is -2.42. The number of cyclic esters (lactones) is 1. The Bertz CT molecular complexity index is 1300. The number of nitrogens with zero attached hydrogens (tertiary/aromatic N) is 4. The van der Waals surface area contributed by atoms with Gasteiger partial charge < -0.3 is 14.7 Å². The highest BCUT2D eigenvalue weighted by Gasteiger charge is 2.38. The van der Waals surface area contributed by atoms with Crippen LogP contribution in [-0.2, 0) is 26.4 Å². The zero-order valence-corrected chi connectivity index (χ0v) is 26.7.